The van der Waals surface area contributed by atoms with Crippen molar-refractivity contribution in [2.45, 2.75) is 6.92 Å². The molecule has 0 radical (unpaired) electrons. The summed E-state index contributed by atoms with van der Waals surface area (Å²) in [6.45, 7) is 1.62. The predicted octanol–water partition coefficient (Wildman–Crippen LogP) is 3.37. The molecule has 0 aliphatic rings. The first-order valence-electron chi connectivity index (χ1n) is 7.08. The molecule has 0 fully saturated rings. The molecular formula is C17H15BrClN3O2. The van der Waals surface area contributed by atoms with Crippen molar-refractivity contribution in [3.8, 4) is 0 Å². The Hall–Kier alpha value is -2.18. The lowest BCUT2D eigenvalue weighted by atomic mass is 10.1. The van der Waals surface area contributed by atoms with Gasteiger partial charge in [0.05, 0.1) is 12.3 Å². The molecular weight excluding hydrogens is 394 g/mol. The van der Waals surface area contributed by atoms with Gasteiger partial charge in [-0.05, 0) is 48.9 Å². The second-order valence-corrected chi connectivity index (χ2v) is 6.28. The number of halogens is 2. The number of amides is 2. The Bertz CT molecular complexity index is 758. The topological polar surface area (TPSA) is 70.6 Å². The Balaban J connectivity index is 1.84. The zero-order valence-electron chi connectivity index (χ0n) is 12.8. The van der Waals surface area contributed by atoms with Gasteiger partial charge in [0, 0.05) is 15.1 Å². The summed E-state index contributed by atoms with van der Waals surface area (Å²) in [5, 5.41) is 7.08. The highest BCUT2D eigenvalue weighted by molar-refractivity contribution is 9.10. The van der Waals surface area contributed by atoms with E-state index in [-0.39, 0.29) is 12.5 Å². The Morgan fingerprint density at radius 1 is 1.04 bits per heavy atom. The first kappa shape index (κ1) is 18.2. The second kappa shape index (κ2) is 8.61. The van der Waals surface area contributed by atoms with Crippen LogP contribution in [0.15, 0.2) is 58.1 Å². The van der Waals surface area contributed by atoms with Gasteiger partial charge in [-0.3, -0.25) is 9.59 Å². The average molecular weight is 409 g/mol. The fourth-order valence-electron chi connectivity index (χ4n) is 1.81. The van der Waals surface area contributed by atoms with Crippen LogP contribution in [0.3, 0.4) is 0 Å². The highest BCUT2D eigenvalue weighted by Crippen LogP contribution is 2.11. The van der Waals surface area contributed by atoms with Crippen molar-refractivity contribution in [1.29, 1.82) is 0 Å². The summed E-state index contributed by atoms with van der Waals surface area (Å²) in [6, 6.07) is 14.0. The zero-order valence-corrected chi connectivity index (χ0v) is 15.2. The van der Waals surface area contributed by atoms with Crippen molar-refractivity contribution in [1.82, 2.24) is 10.7 Å². The molecule has 0 aliphatic carbocycles. The van der Waals surface area contributed by atoms with Gasteiger partial charge in [0.25, 0.3) is 11.8 Å². The van der Waals surface area contributed by atoms with Crippen LogP contribution < -0.4 is 10.7 Å². The summed E-state index contributed by atoms with van der Waals surface area (Å²) in [7, 11) is 0. The monoisotopic (exact) mass is 407 g/mol. The average Bonchev–Trinajstić information content (AvgIpc) is 2.58. The molecule has 24 heavy (non-hydrogen) atoms. The maximum Gasteiger partial charge on any atom is 0.259 e. The van der Waals surface area contributed by atoms with Gasteiger partial charge in [0.15, 0.2) is 0 Å². The van der Waals surface area contributed by atoms with Crippen molar-refractivity contribution in [2.75, 3.05) is 6.54 Å². The lowest BCUT2D eigenvalue weighted by Gasteiger charge is -2.05. The summed E-state index contributed by atoms with van der Waals surface area (Å²) < 4.78 is 0.966. The van der Waals surface area contributed by atoms with Crippen LogP contribution in [0.2, 0.25) is 5.02 Å². The van der Waals surface area contributed by atoms with Crippen LogP contribution in [0.1, 0.15) is 22.8 Å². The molecule has 0 spiro atoms. The molecule has 0 aromatic heterocycles. The minimum atomic E-state index is -0.409. The van der Waals surface area contributed by atoms with Crippen LogP contribution in [-0.2, 0) is 4.79 Å². The number of benzene rings is 2. The summed E-state index contributed by atoms with van der Waals surface area (Å²) >= 11 is 9.12. The zero-order chi connectivity index (χ0) is 17.5. The lowest BCUT2D eigenvalue weighted by Crippen LogP contribution is -2.35. The molecule has 0 bridgehead atoms. The fourth-order valence-corrected chi connectivity index (χ4v) is 2.20. The largest absolute Gasteiger partial charge is 0.343 e. The van der Waals surface area contributed by atoms with E-state index in [4.69, 9.17) is 11.6 Å². The number of carbonyl (C=O) groups is 2. The summed E-state index contributed by atoms with van der Waals surface area (Å²) in [5.41, 5.74) is 4.40. The summed E-state index contributed by atoms with van der Waals surface area (Å²) in [5.74, 6) is -0.760. The second-order valence-electron chi connectivity index (χ2n) is 4.93. The third-order valence-electron chi connectivity index (χ3n) is 3.13. The van der Waals surface area contributed by atoms with Crippen LogP contribution in [0, 0.1) is 0 Å². The molecule has 2 aromatic carbocycles. The molecule has 124 valence electrons. The van der Waals surface area contributed by atoms with Crippen LogP contribution in [0.25, 0.3) is 0 Å². The fraction of sp³-hybridized carbons (Fsp3) is 0.118. The minimum Gasteiger partial charge on any atom is -0.343 e. The Morgan fingerprint density at radius 2 is 1.62 bits per heavy atom. The number of hydrogen-bond donors (Lipinski definition) is 2. The number of hydrazone groups is 1. The highest BCUT2D eigenvalue weighted by atomic mass is 79.9. The Kier molecular flexibility index (Phi) is 6.52. The van der Waals surface area contributed by atoms with Crippen LogP contribution in [-0.4, -0.2) is 24.1 Å². The Labute approximate surface area is 153 Å². The van der Waals surface area contributed by atoms with Gasteiger partial charge in [0.1, 0.15) is 0 Å². The first-order chi connectivity index (χ1) is 11.5. The van der Waals surface area contributed by atoms with Gasteiger partial charge < -0.3 is 5.32 Å². The highest BCUT2D eigenvalue weighted by Gasteiger charge is 2.07. The standard InChI is InChI=1S/C17H15BrClN3O2/c1-11(12-2-6-14(18)7-3-12)21-22-16(23)10-20-17(24)13-4-8-15(19)9-5-13/h2-9H,10H2,1H3,(H,20,24)(H,22,23)/b21-11-. The van der Waals surface area contributed by atoms with E-state index < -0.39 is 5.91 Å². The minimum absolute atomic E-state index is 0.168. The smallest absolute Gasteiger partial charge is 0.259 e. The van der Waals surface area contributed by atoms with Crippen molar-refractivity contribution in [2.24, 2.45) is 5.10 Å². The molecule has 2 rings (SSSR count). The molecule has 0 atom stereocenters. The van der Waals surface area contributed by atoms with Gasteiger partial charge in [0.2, 0.25) is 0 Å². The SMILES string of the molecule is C/C(=N/NC(=O)CNC(=O)c1ccc(Cl)cc1)c1ccc(Br)cc1. The molecule has 0 aliphatic heterocycles. The number of nitrogens with zero attached hydrogens (tertiary/aromatic N) is 1. The molecule has 0 saturated heterocycles. The van der Waals surface area contributed by atoms with Crippen molar-refractivity contribution >= 4 is 45.1 Å². The molecule has 0 saturated carbocycles. The lowest BCUT2D eigenvalue weighted by molar-refractivity contribution is -0.120. The van der Waals surface area contributed by atoms with Crippen LogP contribution in [0.4, 0.5) is 0 Å². The molecule has 7 heteroatoms. The molecule has 2 N–H and O–H groups in total. The third-order valence-corrected chi connectivity index (χ3v) is 3.91. The van der Waals surface area contributed by atoms with Crippen LogP contribution in [0.5, 0.6) is 0 Å². The molecule has 2 aromatic rings. The molecule has 2 amide bonds. The van der Waals surface area contributed by atoms with Crippen molar-refractivity contribution in [3.63, 3.8) is 0 Å². The predicted molar refractivity (Wildman–Crippen MR) is 98.3 cm³/mol. The number of nitrogens with one attached hydrogen (secondary N) is 2. The maximum atomic E-state index is 11.9. The maximum absolute atomic E-state index is 11.9. The van der Waals surface area contributed by atoms with E-state index in [9.17, 15) is 9.59 Å². The van der Waals surface area contributed by atoms with E-state index in [2.05, 4.69) is 31.8 Å². The third kappa shape index (κ3) is 5.47. The number of carbonyl (C=O) groups excluding carboxylic acids is 2. The quantitative estimate of drug-likeness (QED) is 0.588. The van der Waals surface area contributed by atoms with E-state index >= 15 is 0 Å². The molecule has 5 nitrogen and oxygen atoms in total. The van der Waals surface area contributed by atoms with Gasteiger partial charge in [-0.2, -0.15) is 5.10 Å². The first-order valence-corrected chi connectivity index (χ1v) is 8.25. The van der Waals surface area contributed by atoms with E-state index in [1.54, 1.807) is 31.2 Å². The normalized spacial score (nSPS) is 11.0. The number of hydrogen-bond acceptors (Lipinski definition) is 3. The van der Waals surface area contributed by atoms with Gasteiger partial charge >= 0.3 is 0 Å². The van der Waals surface area contributed by atoms with Gasteiger partial charge in [-0.25, -0.2) is 5.43 Å². The summed E-state index contributed by atoms with van der Waals surface area (Å²) in [6.07, 6.45) is 0. The van der Waals surface area contributed by atoms with E-state index in [1.165, 1.54) is 0 Å². The van der Waals surface area contributed by atoms with Crippen molar-refractivity contribution in [3.05, 3.63) is 69.2 Å². The molecule has 0 unspecified atom stereocenters. The van der Waals surface area contributed by atoms with E-state index in [0.717, 1.165) is 10.0 Å². The number of rotatable bonds is 5. The molecule has 0 heterocycles. The summed E-state index contributed by atoms with van der Waals surface area (Å²) in [4.78, 5) is 23.6. The Morgan fingerprint density at radius 3 is 2.25 bits per heavy atom. The van der Waals surface area contributed by atoms with Gasteiger partial charge in [-0.1, -0.05) is 39.7 Å². The van der Waals surface area contributed by atoms with Crippen LogP contribution >= 0.6 is 27.5 Å². The van der Waals surface area contributed by atoms with E-state index in [1.807, 2.05) is 24.3 Å². The van der Waals surface area contributed by atoms with Crippen molar-refractivity contribution < 1.29 is 9.59 Å². The van der Waals surface area contributed by atoms with Gasteiger partial charge in [-0.15, -0.1) is 0 Å². The van der Waals surface area contributed by atoms with E-state index in [0.29, 0.717) is 16.3 Å².